The summed E-state index contributed by atoms with van der Waals surface area (Å²) in [6.45, 7) is 3.96. The Morgan fingerprint density at radius 2 is 1.85 bits per heavy atom. The molecule has 2 aromatic carbocycles. The van der Waals surface area contributed by atoms with Gasteiger partial charge in [0.2, 0.25) is 5.89 Å². The molecule has 0 aliphatic heterocycles. The molecule has 0 aliphatic rings. The van der Waals surface area contributed by atoms with Gasteiger partial charge < -0.3 is 20.0 Å². The number of nitrogens with zero attached hydrogens (tertiary/aromatic N) is 4. The van der Waals surface area contributed by atoms with Crippen LogP contribution in [0.25, 0.3) is 34.3 Å². The maximum atomic E-state index is 11.6. The molecule has 0 spiro atoms. The topological polar surface area (TPSA) is 143 Å². The van der Waals surface area contributed by atoms with Gasteiger partial charge in [0.25, 0.3) is 5.89 Å². The van der Waals surface area contributed by atoms with Gasteiger partial charge in [-0.05, 0) is 61.3 Å². The first-order valence-corrected chi connectivity index (χ1v) is 11.8. The summed E-state index contributed by atoms with van der Waals surface area (Å²) in [5.74, 6) is 0.573. The van der Waals surface area contributed by atoms with Crippen LogP contribution in [0.4, 0.5) is 5.82 Å². The average Bonchev–Trinajstić information content (AvgIpc) is 3.30. The molecule has 0 aliphatic carbocycles. The van der Waals surface area contributed by atoms with Crippen LogP contribution in [0.5, 0.6) is 0 Å². The molecule has 2 aromatic heterocycles. The monoisotopic (exact) mass is 497 g/mol. The Morgan fingerprint density at radius 1 is 1.15 bits per heavy atom. The summed E-state index contributed by atoms with van der Waals surface area (Å²) in [5, 5.41) is 11.6. The summed E-state index contributed by atoms with van der Waals surface area (Å²) < 4.78 is 27.9. The number of hydrogen-bond acceptors (Lipinski definition) is 9. The lowest BCUT2D eigenvalue weighted by molar-refractivity contribution is 0.500. The third-order valence-corrected chi connectivity index (χ3v) is 6.75. The third-order valence-electron chi connectivity index (χ3n) is 5.37. The van der Waals surface area contributed by atoms with Crippen molar-refractivity contribution in [1.82, 2.24) is 25.5 Å². The van der Waals surface area contributed by atoms with E-state index < -0.39 is 15.8 Å². The lowest BCUT2D eigenvalue weighted by atomic mass is 10.00. The Kier molecular flexibility index (Phi) is 6.76. The molecule has 0 saturated heterocycles. The van der Waals surface area contributed by atoms with Gasteiger partial charge in [0.1, 0.15) is 0 Å². The minimum atomic E-state index is -2.32. The summed E-state index contributed by atoms with van der Waals surface area (Å²) in [4.78, 5) is 8.76. The SMILES string of the molecule is CNCc1ccc(-c2nnc(-c3nc(-c4ccc(C(C)(C)S(=O)[O-])cc4Cl)cnc3N)o2)cc1. The molecule has 0 saturated carbocycles. The van der Waals surface area contributed by atoms with Gasteiger partial charge >= 0.3 is 0 Å². The van der Waals surface area contributed by atoms with E-state index in [4.69, 9.17) is 21.8 Å². The molecule has 0 radical (unpaired) electrons. The van der Waals surface area contributed by atoms with E-state index in [-0.39, 0.29) is 17.4 Å². The first kappa shape index (κ1) is 24.0. The number of aromatic nitrogens is 4. The molecule has 1 atom stereocenters. The Labute approximate surface area is 204 Å². The van der Waals surface area contributed by atoms with Gasteiger partial charge in [-0.3, -0.25) is 4.21 Å². The standard InChI is InChI=1S/C23H23ClN6O3S/c1-23(2,34(31)32)15-8-9-16(17(24)10-15)18-12-27-20(25)19(28-18)22-30-29-21(33-22)14-6-4-13(5-7-14)11-26-3/h4-10,12,26H,11H2,1-3H3,(H2,25,27)(H,31,32)/p-1. The predicted molar refractivity (Wildman–Crippen MR) is 130 cm³/mol. The molecular formula is C23H22ClN6O3S-. The molecule has 176 valence electrons. The molecule has 0 amide bonds. The van der Waals surface area contributed by atoms with Gasteiger partial charge in [-0.15, -0.1) is 10.2 Å². The van der Waals surface area contributed by atoms with Crippen LogP contribution in [0.2, 0.25) is 5.02 Å². The van der Waals surface area contributed by atoms with E-state index in [1.54, 1.807) is 32.0 Å². The van der Waals surface area contributed by atoms with Crippen molar-refractivity contribution in [2.75, 3.05) is 12.8 Å². The van der Waals surface area contributed by atoms with Gasteiger partial charge in [0.15, 0.2) is 11.5 Å². The fourth-order valence-electron chi connectivity index (χ4n) is 3.28. The molecule has 0 fully saturated rings. The van der Waals surface area contributed by atoms with Crippen LogP contribution >= 0.6 is 11.6 Å². The molecule has 34 heavy (non-hydrogen) atoms. The molecule has 11 heteroatoms. The first-order valence-electron chi connectivity index (χ1n) is 10.3. The van der Waals surface area contributed by atoms with Crippen molar-refractivity contribution < 1.29 is 13.2 Å². The fourth-order valence-corrected chi connectivity index (χ4v) is 3.88. The summed E-state index contributed by atoms with van der Waals surface area (Å²) in [6, 6.07) is 12.7. The van der Waals surface area contributed by atoms with E-state index in [0.29, 0.717) is 27.7 Å². The number of halogens is 1. The van der Waals surface area contributed by atoms with Crippen LogP contribution in [0.1, 0.15) is 25.0 Å². The highest BCUT2D eigenvalue weighted by molar-refractivity contribution is 7.80. The quantitative estimate of drug-likeness (QED) is 0.363. The van der Waals surface area contributed by atoms with E-state index in [2.05, 4.69) is 25.5 Å². The van der Waals surface area contributed by atoms with Crippen molar-refractivity contribution in [3.8, 4) is 34.3 Å². The lowest BCUT2D eigenvalue weighted by Gasteiger charge is -2.28. The zero-order valence-electron chi connectivity index (χ0n) is 18.7. The second kappa shape index (κ2) is 9.59. The predicted octanol–water partition coefficient (Wildman–Crippen LogP) is 3.93. The molecule has 3 N–H and O–H groups in total. The Balaban J connectivity index is 1.67. The van der Waals surface area contributed by atoms with Crippen LogP contribution in [0.3, 0.4) is 0 Å². The second-order valence-electron chi connectivity index (χ2n) is 8.07. The number of nitrogens with two attached hydrogens (primary N) is 1. The number of nitrogens with one attached hydrogen (secondary N) is 1. The molecule has 1 unspecified atom stereocenters. The van der Waals surface area contributed by atoms with Crippen LogP contribution in [-0.4, -0.2) is 36.0 Å². The average molecular weight is 498 g/mol. The summed E-state index contributed by atoms with van der Waals surface area (Å²) in [6.07, 6.45) is 1.48. The van der Waals surface area contributed by atoms with Gasteiger partial charge in [-0.2, -0.15) is 0 Å². The highest BCUT2D eigenvalue weighted by Gasteiger charge is 2.23. The number of anilines is 1. The van der Waals surface area contributed by atoms with Gasteiger partial charge in [-0.25, -0.2) is 9.97 Å². The lowest BCUT2D eigenvalue weighted by Crippen LogP contribution is -2.23. The molecule has 2 heterocycles. The number of rotatable bonds is 7. The first-order chi connectivity index (χ1) is 16.2. The van der Waals surface area contributed by atoms with Crippen LogP contribution < -0.4 is 11.1 Å². The third kappa shape index (κ3) is 4.71. The van der Waals surface area contributed by atoms with Gasteiger partial charge in [0.05, 0.1) is 21.7 Å². The van der Waals surface area contributed by atoms with Crippen molar-refractivity contribution in [2.24, 2.45) is 0 Å². The minimum absolute atomic E-state index is 0.122. The van der Waals surface area contributed by atoms with E-state index in [1.807, 2.05) is 31.3 Å². The largest absolute Gasteiger partial charge is 0.772 e. The summed E-state index contributed by atoms with van der Waals surface area (Å²) in [5.41, 5.74) is 9.70. The van der Waals surface area contributed by atoms with Gasteiger partial charge in [-0.1, -0.05) is 35.9 Å². The zero-order valence-corrected chi connectivity index (χ0v) is 20.3. The van der Waals surface area contributed by atoms with Crippen molar-refractivity contribution in [3.63, 3.8) is 0 Å². The van der Waals surface area contributed by atoms with Crippen LogP contribution in [-0.2, 0) is 22.4 Å². The van der Waals surface area contributed by atoms with E-state index >= 15 is 0 Å². The Hall–Kier alpha value is -3.18. The molecule has 0 bridgehead atoms. The molecule has 9 nitrogen and oxygen atoms in total. The van der Waals surface area contributed by atoms with Crippen molar-refractivity contribution in [3.05, 3.63) is 64.8 Å². The zero-order chi connectivity index (χ0) is 24.5. The summed E-state index contributed by atoms with van der Waals surface area (Å²) in [7, 11) is 1.88. The van der Waals surface area contributed by atoms with E-state index in [0.717, 1.165) is 17.7 Å². The minimum Gasteiger partial charge on any atom is -0.772 e. The maximum Gasteiger partial charge on any atom is 0.270 e. The Bertz CT molecular complexity index is 1360. The maximum absolute atomic E-state index is 11.6. The number of hydrogen-bond donors (Lipinski definition) is 2. The van der Waals surface area contributed by atoms with Crippen LogP contribution in [0.15, 0.2) is 53.1 Å². The Morgan fingerprint density at radius 3 is 2.50 bits per heavy atom. The number of nitrogen functional groups attached to an aromatic ring is 1. The highest BCUT2D eigenvalue weighted by Crippen LogP contribution is 2.35. The smallest absolute Gasteiger partial charge is 0.270 e. The van der Waals surface area contributed by atoms with E-state index in [9.17, 15) is 8.76 Å². The van der Waals surface area contributed by atoms with Gasteiger partial charge in [0, 0.05) is 17.7 Å². The van der Waals surface area contributed by atoms with E-state index in [1.165, 1.54) is 6.20 Å². The fraction of sp³-hybridized carbons (Fsp3) is 0.217. The van der Waals surface area contributed by atoms with Crippen molar-refractivity contribution >= 4 is 28.5 Å². The molecular weight excluding hydrogens is 476 g/mol. The second-order valence-corrected chi connectivity index (χ2v) is 9.97. The normalized spacial score (nSPS) is 12.6. The van der Waals surface area contributed by atoms with Crippen molar-refractivity contribution in [1.29, 1.82) is 0 Å². The number of benzene rings is 2. The molecule has 4 aromatic rings. The van der Waals surface area contributed by atoms with Crippen LogP contribution in [0, 0.1) is 0 Å². The molecule has 4 rings (SSSR count). The highest BCUT2D eigenvalue weighted by atomic mass is 35.5. The summed E-state index contributed by atoms with van der Waals surface area (Å²) >= 11 is 4.16. The van der Waals surface area contributed by atoms with Crippen molar-refractivity contribution in [2.45, 2.75) is 25.1 Å².